The zero-order valence-electron chi connectivity index (χ0n) is 14.7. The van der Waals surface area contributed by atoms with E-state index in [-0.39, 0.29) is 5.97 Å². The van der Waals surface area contributed by atoms with Crippen molar-refractivity contribution in [2.75, 3.05) is 0 Å². The maximum absolute atomic E-state index is 12.0. The molecule has 0 unspecified atom stereocenters. The number of carbonyl (C=O) groups excluding carboxylic acids is 1. The van der Waals surface area contributed by atoms with E-state index in [4.69, 9.17) is 9.47 Å². The van der Waals surface area contributed by atoms with Gasteiger partial charge in [-0.1, -0.05) is 36.4 Å². The van der Waals surface area contributed by atoms with E-state index in [9.17, 15) is 4.79 Å². The average molecular weight is 345 g/mol. The third-order valence-electron chi connectivity index (χ3n) is 4.28. The Bertz CT molecular complexity index is 1000. The molecule has 1 aliphatic rings. The Hall–Kier alpha value is -3.14. The molecule has 3 aromatic rings. The van der Waals surface area contributed by atoms with Crippen LogP contribution in [0.3, 0.4) is 0 Å². The second kappa shape index (κ2) is 6.30. The zero-order chi connectivity index (χ0) is 18.1. The second-order valence-corrected chi connectivity index (χ2v) is 6.86. The van der Waals surface area contributed by atoms with E-state index < -0.39 is 5.60 Å². The minimum Gasteiger partial charge on any atom is -0.487 e. The maximum Gasteiger partial charge on any atom is 0.339 e. The molecule has 130 valence electrons. The van der Waals surface area contributed by atoms with Gasteiger partial charge in [-0.15, -0.1) is 0 Å². The average Bonchev–Trinajstić information content (AvgIpc) is 2.92. The zero-order valence-corrected chi connectivity index (χ0v) is 14.7. The summed E-state index contributed by atoms with van der Waals surface area (Å²) in [6.45, 7) is 4.12. The molecule has 2 heterocycles. The molecule has 4 rings (SSSR count). The van der Waals surface area contributed by atoms with Crippen LogP contribution >= 0.6 is 0 Å². The molecule has 0 fully saturated rings. The fraction of sp³-hybridized carbons (Fsp3) is 0.182. The van der Waals surface area contributed by atoms with Gasteiger partial charge in [-0.05, 0) is 49.8 Å². The second-order valence-electron chi connectivity index (χ2n) is 6.86. The molecular formula is C22H19NO3. The van der Waals surface area contributed by atoms with E-state index in [2.05, 4.69) is 4.98 Å². The lowest BCUT2D eigenvalue weighted by molar-refractivity contribution is -0.142. The number of nitrogens with zero attached hydrogens (tertiary/aromatic N) is 1. The molecule has 0 atom stereocenters. The van der Waals surface area contributed by atoms with Crippen LogP contribution in [0.4, 0.5) is 0 Å². The van der Waals surface area contributed by atoms with E-state index in [0.29, 0.717) is 12.2 Å². The van der Waals surface area contributed by atoms with Crippen LogP contribution < -0.4 is 4.74 Å². The minimum absolute atomic E-state index is 0.288. The lowest BCUT2D eigenvalue weighted by atomic mass is 10.0. The first-order valence-electron chi connectivity index (χ1n) is 8.54. The van der Waals surface area contributed by atoms with Crippen LogP contribution in [0.15, 0.2) is 66.7 Å². The van der Waals surface area contributed by atoms with Gasteiger partial charge in [0.05, 0.1) is 16.8 Å². The standard InChI is InChI=1S/C22H19NO3/c1-22(2)13-19(21(24)26-22)15-8-11-18(12-9-15)25-14-17-10-7-16-5-3-4-6-20(16)23-17/h3-13H,14H2,1-2H3. The number of hydrogen-bond acceptors (Lipinski definition) is 4. The number of cyclic esters (lactones) is 1. The predicted molar refractivity (Wildman–Crippen MR) is 101 cm³/mol. The van der Waals surface area contributed by atoms with Crippen LogP contribution in [0.5, 0.6) is 5.75 Å². The van der Waals surface area contributed by atoms with Crippen molar-refractivity contribution < 1.29 is 14.3 Å². The Morgan fingerprint density at radius 1 is 1.00 bits per heavy atom. The Morgan fingerprint density at radius 3 is 2.50 bits per heavy atom. The Labute approximate surface area is 152 Å². The van der Waals surface area contributed by atoms with Crippen LogP contribution in [0, 0.1) is 0 Å². The first kappa shape index (κ1) is 16.3. The molecule has 0 amide bonds. The highest BCUT2D eigenvalue weighted by molar-refractivity contribution is 6.18. The number of hydrogen-bond donors (Lipinski definition) is 0. The Morgan fingerprint density at radius 2 is 1.77 bits per heavy atom. The molecule has 0 saturated carbocycles. The lowest BCUT2D eigenvalue weighted by Crippen LogP contribution is -2.17. The number of pyridine rings is 1. The van der Waals surface area contributed by atoms with E-state index in [1.54, 1.807) is 0 Å². The molecule has 0 bridgehead atoms. The maximum atomic E-state index is 12.0. The van der Waals surface area contributed by atoms with Crippen molar-refractivity contribution in [2.24, 2.45) is 0 Å². The molecule has 0 aliphatic carbocycles. The van der Waals surface area contributed by atoms with Crippen LogP contribution in [-0.4, -0.2) is 16.6 Å². The SMILES string of the molecule is CC1(C)C=C(c2ccc(OCc3ccc4ccccc4n3)cc2)C(=O)O1. The number of carbonyl (C=O) groups is 1. The number of rotatable bonds is 4. The van der Waals surface area contributed by atoms with Gasteiger partial charge in [0, 0.05) is 5.39 Å². The van der Waals surface area contributed by atoms with Gasteiger partial charge in [-0.2, -0.15) is 0 Å². The van der Waals surface area contributed by atoms with Crippen LogP contribution in [0.1, 0.15) is 25.1 Å². The Balaban J connectivity index is 1.46. The number of aromatic nitrogens is 1. The summed E-state index contributed by atoms with van der Waals surface area (Å²) in [6, 6.07) is 19.5. The van der Waals surface area contributed by atoms with Crippen LogP contribution in [0.2, 0.25) is 0 Å². The molecule has 0 saturated heterocycles. The summed E-state index contributed by atoms with van der Waals surface area (Å²) in [5.74, 6) is 0.443. The van der Waals surface area contributed by atoms with E-state index in [0.717, 1.165) is 27.9 Å². The molecule has 0 spiro atoms. The van der Waals surface area contributed by atoms with E-state index in [1.165, 1.54) is 0 Å². The minimum atomic E-state index is -0.552. The van der Waals surface area contributed by atoms with Crippen molar-refractivity contribution in [3.8, 4) is 5.75 Å². The summed E-state index contributed by atoms with van der Waals surface area (Å²) in [4.78, 5) is 16.6. The van der Waals surface area contributed by atoms with Gasteiger partial charge in [0.25, 0.3) is 0 Å². The fourth-order valence-electron chi connectivity index (χ4n) is 3.01. The van der Waals surface area contributed by atoms with E-state index >= 15 is 0 Å². The number of esters is 1. The monoisotopic (exact) mass is 345 g/mol. The third kappa shape index (κ3) is 3.31. The van der Waals surface area contributed by atoms with Gasteiger partial charge < -0.3 is 9.47 Å². The molecule has 0 radical (unpaired) electrons. The highest BCUT2D eigenvalue weighted by atomic mass is 16.6. The summed E-state index contributed by atoms with van der Waals surface area (Å²) in [6.07, 6.45) is 1.85. The van der Waals surface area contributed by atoms with Crippen molar-refractivity contribution in [3.05, 3.63) is 78.0 Å². The van der Waals surface area contributed by atoms with Crippen molar-refractivity contribution in [1.29, 1.82) is 0 Å². The molecule has 4 heteroatoms. The van der Waals surface area contributed by atoms with Crippen molar-refractivity contribution in [2.45, 2.75) is 26.1 Å². The first-order chi connectivity index (χ1) is 12.5. The molecule has 4 nitrogen and oxygen atoms in total. The lowest BCUT2D eigenvalue weighted by Gasteiger charge is -2.12. The van der Waals surface area contributed by atoms with Crippen LogP contribution in [-0.2, 0) is 16.1 Å². The summed E-state index contributed by atoms with van der Waals surface area (Å²) >= 11 is 0. The van der Waals surface area contributed by atoms with Gasteiger partial charge in [0.2, 0.25) is 0 Å². The largest absolute Gasteiger partial charge is 0.487 e. The topological polar surface area (TPSA) is 48.4 Å². The van der Waals surface area contributed by atoms with Gasteiger partial charge in [0.1, 0.15) is 18.0 Å². The quantitative estimate of drug-likeness (QED) is 0.652. The highest BCUT2D eigenvalue weighted by Crippen LogP contribution is 2.31. The molecule has 1 aromatic heterocycles. The predicted octanol–water partition coefficient (Wildman–Crippen LogP) is 4.53. The van der Waals surface area contributed by atoms with Crippen LogP contribution in [0.25, 0.3) is 16.5 Å². The first-order valence-corrected chi connectivity index (χ1v) is 8.54. The smallest absolute Gasteiger partial charge is 0.339 e. The van der Waals surface area contributed by atoms with Gasteiger partial charge in [-0.25, -0.2) is 9.78 Å². The summed E-state index contributed by atoms with van der Waals surface area (Å²) in [5.41, 5.74) is 2.70. The molecule has 0 N–H and O–H groups in total. The molecule has 2 aromatic carbocycles. The number of fused-ring (bicyclic) bond motifs is 1. The van der Waals surface area contributed by atoms with Gasteiger partial charge in [-0.3, -0.25) is 0 Å². The highest BCUT2D eigenvalue weighted by Gasteiger charge is 2.32. The fourth-order valence-corrected chi connectivity index (χ4v) is 3.01. The molecule has 1 aliphatic heterocycles. The number of ether oxygens (including phenoxy) is 2. The van der Waals surface area contributed by atoms with Crippen molar-refractivity contribution in [3.63, 3.8) is 0 Å². The number of para-hydroxylation sites is 1. The summed E-state index contributed by atoms with van der Waals surface area (Å²) in [5, 5.41) is 1.11. The Kier molecular flexibility index (Phi) is 3.96. The normalized spacial score (nSPS) is 15.6. The molecular weight excluding hydrogens is 326 g/mol. The van der Waals surface area contributed by atoms with E-state index in [1.807, 2.05) is 80.6 Å². The summed E-state index contributed by atoms with van der Waals surface area (Å²) in [7, 11) is 0. The van der Waals surface area contributed by atoms with Crippen molar-refractivity contribution >= 4 is 22.4 Å². The van der Waals surface area contributed by atoms with Gasteiger partial charge >= 0.3 is 5.97 Å². The van der Waals surface area contributed by atoms with Crippen molar-refractivity contribution in [1.82, 2.24) is 4.98 Å². The summed E-state index contributed by atoms with van der Waals surface area (Å²) < 4.78 is 11.1. The van der Waals surface area contributed by atoms with Gasteiger partial charge in [0.15, 0.2) is 0 Å². The number of benzene rings is 2. The third-order valence-corrected chi connectivity index (χ3v) is 4.28. The molecule has 26 heavy (non-hydrogen) atoms.